The quantitative estimate of drug-likeness (QED) is 0.614. The fourth-order valence-corrected chi connectivity index (χ4v) is 0.824. The molecule has 0 aliphatic rings. The van der Waals surface area contributed by atoms with E-state index in [4.69, 9.17) is 5.11 Å². The molecule has 0 unspecified atom stereocenters. The standard InChI is InChI=1S/C8H8F2O/c1-4-5(2)8(11)7(10)3-6(4)9/h3,11H,1-2H3. The number of hydrogen-bond donors (Lipinski definition) is 1. The van der Waals surface area contributed by atoms with Gasteiger partial charge >= 0.3 is 0 Å². The second kappa shape index (κ2) is 2.49. The summed E-state index contributed by atoms with van der Waals surface area (Å²) < 4.78 is 25.2. The van der Waals surface area contributed by atoms with Gasteiger partial charge in [-0.25, -0.2) is 8.78 Å². The molecule has 0 bridgehead atoms. The Bertz CT molecular complexity index is 268. The molecule has 0 aromatic heterocycles. The third-order valence-electron chi connectivity index (χ3n) is 1.76. The van der Waals surface area contributed by atoms with Crippen LogP contribution >= 0.6 is 0 Å². The molecule has 1 aromatic carbocycles. The highest BCUT2D eigenvalue weighted by atomic mass is 19.1. The Kier molecular flexibility index (Phi) is 1.81. The van der Waals surface area contributed by atoms with E-state index in [1.807, 2.05) is 0 Å². The predicted octanol–water partition coefficient (Wildman–Crippen LogP) is 2.29. The van der Waals surface area contributed by atoms with Crippen LogP contribution in [0.5, 0.6) is 5.75 Å². The van der Waals surface area contributed by atoms with Crippen LogP contribution in [0.2, 0.25) is 0 Å². The first-order valence-corrected chi connectivity index (χ1v) is 3.18. The molecule has 0 amide bonds. The zero-order chi connectivity index (χ0) is 8.59. The summed E-state index contributed by atoms with van der Waals surface area (Å²) in [6, 6.07) is 0.678. The van der Waals surface area contributed by atoms with Crippen LogP contribution in [0.15, 0.2) is 6.07 Å². The van der Waals surface area contributed by atoms with E-state index in [1.54, 1.807) is 0 Å². The topological polar surface area (TPSA) is 20.2 Å². The monoisotopic (exact) mass is 158 g/mol. The van der Waals surface area contributed by atoms with Crippen molar-refractivity contribution in [3.63, 3.8) is 0 Å². The Morgan fingerprint density at radius 3 is 2.18 bits per heavy atom. The van der Waals surface area contributed by atoms with Crippen LogP contribution in [-0.4, -0.2) is 5.11 Å². The zero-order valence-corrected chi connectivity index (χ0v) is 6.28. The van der Waals surface area contributed by atoms with Crippen LogP contribution in [0.1, 0.15) is 11.1 Å². The summed E-state index contributed by atoms with van der Waals surface area (Å²) in [5, 5.41) is 8.97. The van der Waals surface area contributed by atoms with Crippen molar-refractivity contribution < 1.29 is 13.9 Å². The summed E-state index contributed by atoms with van der Waals surface area (Å²) in [6.07, 6.45) is 0. The third kappa shape index (κ3) is 1.18. The average Bonchev–Trinajstić information content (AvgIpc) is 1.97. The number of halogens is 2. The summed E-state index contributed by atoms with van der Waals surface area (Å²) in [7, 11) is 0. The molecular weight excluding hydrogens is 150 g/mol. The minimum absolute atomic E-state index is 0.252. The van der Waals surface area contributed by atoms with Crippen LogP contribution in [0.3, 0.4) is 0 Å². The molecule has 1 rings (SSSR count). The highest BCUT2D eigenvalue weighted by molar-refractivity contribution is 5.39. The van der Waals surface area contributed by atoms with Crippen molar-refractivity contribution in [3.8, 4) is 5.75 Å². The Morgan fingerprint density at radius 1 is 1.09 bits per heavy atom. The van der Waals surface area contributed by atoms with Crippen molar-refractivity contribution in [2.24, 2.45) is 0 Å². The summed E-state index contributed by atoms with van der Waals surface area (Å²) in [4.78, 5) is 0. The maximum absolute atomic E-state index is 12.7. The van der Waals surface area contributed by atoms with Crippen LogP contribution in [0.25, 0.3) is 0 Å². The molecule has 1 nitrogen and oxygen atoms in total. The van der Waals surface area contributed by atoms with E-state index in [2.05, 4.69) is 0 Å². The molecule has 0 spiro atoms. The molecule has 1 N–H and O–H groups in total. The first kappa shape index (κ1) is 7.98. The Balaban J connectivity index is 3.46. The largest absolute Gasteiger partial charge is 0.505 e. The van der Waals surface area contributed by atoms with Gasteiger partial charge in [0.15, 0.2) is 11.6 Å². The molecule has 0 aliphatic carbocycles. The van der Waals surface area contributed by atoms with Gasteiger partial charge in [-0.1, -0.05) is 0 Å². The molecule has 0 aliphatic heterocycles. The number of aromatic hydroxyl groups is 1. The fourth-order valence-electron chi connectivity index (χ4n) is 0.824. The van der Waals surface area contributed by atoms with Crippen LogP contribution in [0, 0.1) is 25.5 Å². The van der Waals surface area contributed by atoms with Crippen molar-refractivity contribution >= 4 is 0 Å². The molecule has 1 aromatic rings. The van der Waals surface area contributed by atoms with Crippen molar-refractivity contribution in [3.05, 3.63) is 28.8 Å². The van der Waals surface area contributed by atoms with Gasteiger partial charge in [0, 0.05) is 6.07 Å². The van der Waals surface area contributed by atoms with Gasteiger partial charge in [-0.05, 0) is 25.0 Å². The van der Waals surface area contributed by atoms with Gasteiger partial charge in [-0.2, -0.15) is 0 Å². The fraction of sp³-hybridized carbons (Fsp3) is 0.250. The van der Waals surface area contributed by atoms with E-state index in [0.717, 1.165) is 0 Å². The van der Waals surface area contributed by atoms with Crippen molar-refractivity contribution in [1.82, 2.24) is 0 Å². The van der Waals surface area contributed by atoms with Gasteiger partial charge in [0.2, 0.25) is 0 Å². The van der Waals surface area contributed by atoms with E-state index in [-0.39, 0.29) is 11.1 Å². The Hall–Kier alpha value is -1.12. The molecule has 0 saturated carbocycles. The van der Waals surface area contributed by atoms with Gasteiger partial charge < -0.3 is 5.11 Å². The highest BCUT2D eigenvalue weighted by Crippen LogP contribution is 2.25. The summed E-state index contributed by atoms with van der Waals surface area (Å²) >= 11 is 0. The van der Waals surface area contributed by atoms with Gasteiger partial charge in [0.05, 0.1) is 0 Å². The van der Waals surface area contributed by atoms with E-state index < -0.39 is 17.4 Å². The summed E-state index contributed by atoms with van der Waals surface area (Å²) in [5.74, 6) is -2.01. The van der Waals surface area contributed by atoms with Crippen LogP contribution in [-0.2, 0) is 0 Å². The summed E-state index contributed by atoms with van der Waals surface area (Å²) in [5.41, 5.74) is 0.534. The highest BCUT2D eigenvalue weighted by Gasteiger charge is 2.10. The van der Waals surface area contributed by atoms with Crippen LogP contribution in [0.4, 0.5) is 8.78 Å². The van der Waals surface area contributed by atoms with E-state index in [0.29, 0.717) is 6.07 Å². The molecule has 0 atom stereocenters. The van der Waals surface area contributed by atoms with Gasteiger partial charge in [0.25, 0.3) is 0 Å². The minimum atomic E-state index is -0.911. The lowest BCUT2D eigenvalue weighted by Crippen LogP contribution is -1.90. The molecular formula is C8H8F2O. The Morgan fingerprint density at radius 2 is 1.64 bits per heavy atom. The molecule has 0 saturated heterocycles. The SMILES string of the molecule is Cc1c(F)cc(F)c(O)c1C. The van der Waals surface area contributed by atoms with Gasteiger partial charge in [0.1, 0.15) is 5.82 Å². The Labute approximate surface area is 63.3 Å². The number of rotatable bonds is 0. The molecule has 11 heavy (non-hydrogen) atoms. The average molecular weight is 158 g/mol. The second-order valence-corrected chi connectivity index (χ2v) is 2.44. The maximum atomic E-state index is 12.7. The van der Waals surface area contributed by atoms with Gasteiger partial charge in [-0.3, -0.25) is 0 Å². The maximum Gasteiger partial charge on any atom is 0.168 e. The molecule has 0 radical (unpaired) electrons. The number of phenols is 1. The molecule has 0 fully saturated rings. The zero-order valence-electron chi connectivity index (χ0n) is 6.28. The smallest absolute Gasteiger partial charge is 0.168 e. The molecule has 60 valence electrons. The van der Waals surface area contributed by atoms with Crippen molar-refractivity contribution in [2.75, 3.05) is 0 Å². The van der Waals surface area contributed by atoms with E-state index >= 15 is 0 Å². The molecule has 0 heterocycles. The minimum Gasteiger partial charge on any atom is -0.505 e. The second-order valence-electron chi connectivity index (χ2n) is 2.44. The van der Waals surface area contributed by atoms with E-state index in [9.17, 15) is 8.78 Å². The lowest BCUT2D eigenvalue weighted by atomic mass is 10.1. The predicted molar refractivity (Wildman–Crippen MR) is 37.5 cm³/mol. The first-order valence-electron chi connectivity index (χ1n) is 3.18. The normalized spacial score (nSPS) is 10.2. The number of benzene rings is 1. The third-order valence-corrected chi connectivity index (χ3v) is 1.76. The summed E-state index contributed by atoms with van der Waals surface area (Å²) in [6.45, 7) is 2.96. The lowest BCUT2D eigenvalue weighted by Gasteiger charge is -2.04. The van der Waals surface area contributed by atoms with Gasteiger partial charge in [-0.15, -0.1) is 0 Å². The number of hydrogen-bond acceptors (Lipinski definition) is 1. The molecule has 3 heteroatoms. The number of phenolic OH excluding ortho intramolecular Hbond substituents is 1. The first-order chi connectivity index (χ1) is 5.04. The van der Waals surface area contributed by atoms with E-state index in [1.165, 1.54) is 13.8 Å². The van der Waals surface area contributed by atoms with Crippen LogP contribution < -0.4 is 0 Å². The van der Waals surface area contributed by atoms with Crippen molar-refractivity contribution in [2.45, 2.75) is 13.8 Å². The van der Waals surface area contributed by atoms with Crippen molar-refractivity contribution in [1.29, 1.82) is 0 Å². The lowest BCUT2D eigenvalue weighted by molar-refractivity contribution is 0.422.